The van der Waals surface area contributed by atoms with E-state index in [2.05, 4.69) is 4.90 Å². The minimum absolute atomic E-state index is 0.00834. The quantitative estimate of drug-likeness (QED) is 0.676. The number of hydrogen-bond donors (Lipinski definition) is 0. The molecule has 0 aliphatic carbocycles. The lowest BCUT2D eigenvalue weighted by atomic mass is 9.85. The summed E-state index contributed by atoms with van der Waals surface area (Å²) in [5.41, 5.74) is 1.86. The van der Waals surface area contributed by atoms with E-state index >= 15 is 0 Å². The molecule has 2 aromatic carbocycles. The van der Waals surface area contributed by atoms with Gasteiger partial charge in [-0.05, 0) is 43.5 Å². The predicted octanol–water partition coefficient (Wildman–Crippen LogP) is 2.13. The van der Waals surface area contributed by atoms with Gasteiger partial charge in [-0.2, -0.15) is 0 Å². The molecule has 35 heavy (non-hydrogen) atoms. The number of ether oxygens (including phenoxy) is 1. The Morgan fingerprint density at radius 3 is 2.23 bits per heavy atom. The molecule has 0 N–H and O–H groups in total. The van der Waals surface area contributed by atoms with Gasteiger partial charge in [0, 0.05) is 37.4 Å². The summed E-state index contributed by atoms with van der Waals surface area (Å²) in [5, 5.41) is 0. The fraction of sp³-hybridized carbons (Fsp3) is 0.444. The molecule has 0 atom stereocenters. The number of para-hydroxylation sites is 1. The Morgan fingerprint density at radius 2 is 1.54 bits per heavy atom. The first-order chi connectivity index (χ1) is 17.0. The molecule has 0 radical (unpaired) electrons. The van der Waals surface area contributed by atoms with Gasteiger partial charge in [-0.15, -0.1) is 0 Å². The van der Waals surface area contributed by atoms with E-state index in [0.29, 0.717) is 64.5 Å². The number of morpholine rings is 1. The maximum Gasteiger partial charge on any atom is 0.254 e. The Labute approximate surface area is 206 Å². The number of benzene rings is 2. The highest BCUT2D eigenvalue weighted by Gasteiger charge is 2.54. The molecule has 0 unspecified atom stereocenters. The van der Waals surface area contributed by atoms with Crippen LogP contribution in [0, 0.1) is 6.92 Å². The summed E-state index contributed by atoms with van der Waals surface area (Å²) in [6, 6.07) is 17.5. The lowest BCUT2D eigenvalue weighted by Crippen LogP contribution is -2.57. The molecule has 3 aliphatic heterocycles. The third kappa shape index (κ3) is 4.38. The van der Waals surface area contributed by atoms with Crippen molar-refractivity contribution in [2.24, 2.45) is 0 Å². The van der Waals surface area contributed by atoms with E-state index in [4.69, 9.17) is 4.74 Å². The zero-order valence-corrected chi connectivity index (χ0v) is 20.2. The van der Waals surface area contributed by atoms with Crippen LogP contribution in [0.2, 0.25) is 0 Å². The second-order valence-electron chi connectivity index (χ2n) is 9.54. The molecule has 2 aromatic rings. The van der Waals surface area contributed by atoms with Gasteiger partial charge >= 0.3 is 0 Å². The summed E-state index contributed by atoms with van der Waals surface area (Å²) in [5.74, 6) is -0.0566. The lowest BCUT2D eigenvalue weighted by Gasteiger charge is -2.43. The van der Waals surface area contributed by atoms with Crippen molar-refractivity contribution >= 4 is 23.4 Å². The minimum Gasteiger partial charge on any atom is -0.378 e. The summed E-state index contributed by atoms with van der Waals surface area (Å²) < 4.78 is 5.36. The van der Waals surface area contributed by atoms with Crippen LogP contribution in [0.4, 0.5) is 5.69 Å². The van der Waals surface area contributed by atoms with Crippen LogP contribution in [0.5, 0.6) is 0 Å². The zero-order chi connectivity index (χ0) is 24.4. The van der Waals surface area contributed by atoms with Gasteiger partial charge in [0.1, 0.15) is 12.1 Å². The number of aryl methyl sites for hydroxylation is 1. The summed E-state index contributed by atoms with van der Waals surface area (Å²) in [6.45, 7) is 5.55. The van der Waals surface area contributed by atoms with Crippen LogP contribution in [0.1, 0.15) is 28.8 Å². The van der Waals surface area contributed by atoms with Crippen molar-refractivity contribution in [1.29, 1.82) is 0 Å². The molecule has 0 bridgehead atoms. The fourth-order valence-electron chi connectivity index (χ4n) is 5.46. The van der Waals surface area contributed by atoms with E-state index < -0.39 is 5.54 Å². The van der Waals surface area contributed by atoms with Crippen LogP contribution >= 0.6 is 0 Å². The molecular weight excluding hydrogens is 444 g/mol. The molecule has 8 heteroatoms. The smallest absolute Gasteiger partial charge is 0.254 e. The van der Waals surface area contributed by atoms with Crippen LogP contribution in [-0.4, -0.2) is 90.6 Å². The van der Waals surface area contributed by atoms with E-state index in [-0.39, 0.29) is 24.3 Å². The standard InChI is InChI=1S/C27H32N4O4/c1-21-7-5-6-10-23(21)25(33)29-13-11-27(12-14-29)26(34)30(19-24(32)28-15-17-35-18-16-28)20-31(27)22-8-3-2-4-9-22/h2-10H,11-20H2,1H3. The molecule has 1 spiro atoms. The molecule has 3 saturated heterocycles. The zero-order valence-electron chi connectivity index (χ0n) is 20.2. The number of rotatable bonds is 4. The van der Waals surface area contributed by atoms with Crippen LogP contribution in [-0.2, 0) is 14.3 Å². The molecule has 3 fully saturated rings. The minimum atomic E-state index is -0.755. The average molecular weight is 477 g/mol. The van der Waals surface area contributed by atoms with E-state index in [9.17, 15) is 14.4 Å². The van der Waals surface area contributed by atoms with Crippen LogP contribution in [0.15, 0.2) is 54.6 Å². The first-order valence-electron chi connectivity index (χ1n) is 12.3. The molecule has 0 saturated carbocycles. The normalized spacial score (nSPS) is 20.0. The molecule has 8 nitrogen and oxygen atoms in total. The lowest BCUT2D eigenvalue weighted by molar-refractivity contribution is -0.143. The van der Waals surface area contributed by atoms with Gasteiger partial charge in [0.25, 0.3) is 11.8 Å². The Hall–Kier alpha value is -3.39. The van der Waals surface area contributed by atoms with Crippen molar-refractivity contribution in [3.63, 3.8) is 0 Å². The molecular formula is C27H32N4O4. The molecule has 3 heterocycles. The van der Waals surface area contributed by atoms with Crippen LogP contribution in [0.25, 0.3) is 0 Å². The van der Waals surface area contributed by atoms with E-state index in [1.807, 2.05) is 66.4 Å². The molecule has 3 aliphatic rings. The third-order valence-corrected chi connectivity index (χ3v) is 7.53. The SMILES string of the molecule is Cc1ccccc1C(=O)N1CCC2(CC1)C(=O)N(CC(=O)N1CCOCC1)CN2c1ccccc1. The predicted molar refractivity (Wildman–Crippen MR) is 132 cm³/mol. The van der Waals surface area contributed by atoms with E-state index in [1.54, 1.807) is 9.80 Å². The van der Waals surface area contributed by atoms with Gasteiger partial charge in [0.15, 0.2) is 0 Å². The molecule has 184 valence electrons. The highest BCUT2D eigenvalue weighted by atomic mass is 16.5. The fourth-order valence-corrected chi connectivity index (χ4v) is 5.46. The van der Waals surface area contributed by atoms with Gasteiger partial charge < -0.3 is 24.3 Å². The van der Waals surface area contributed by atoms with Gasteiger partial charge in [0.2, 0.25) is 5.91 Å². The molecule has 5 rings (SSSR count). The third-order valence-electron chi connectivity index (χ3n) is 7.53. The highest BCUT2D eigenvalue weighted by molar-refractivity contribution is 5.98. The second-order valence-corrected chi connectivity index (χ2v) is 9.54. The highest BCUT2D eigenvalue weighted by Crippen LogP contribution is 2.39. The second kappa shape index (κ2) is 9.70. The average Bonchev–Trinajstić information content (AvgIpc) is 3.16. The molecule has 0 aromatic heterocycles. The van der Waals surface area contributed by atoms with Gasteiger partial charge in [0.05, 0.1) is 19.9 Å². The number of anilines is 1. The first kappa shape index (κ1) is 23.4. The Balaban J connectivity index is 1.35. The van der Waals surface area contributed by atoms with Crippen molar-refractivity contribution in [1.82, 2.24) is 14.7 Å². The van der Waals surface area contributed by atoms with E-state index in [0.717, 1.165) is 11.3 Å². The number of carbonyl (C=O) groups is 3. The number of piperidine rings is 1. The van der Waals surface area contributed by atoms with Gasteiger partial charge in [-0.1, -0.05) is 36.4 Å². The first-order valence-corrected chi connectivity index (χ1v) is 12.3. The van der Waals surface area contributed by atoms with Gasteiger partial charge in [-0.3, -0.25) is 14.4 Å². The van der Waals surface area contributed by atoms with Crippen molar-refractivity contribution in [2.75, 3.05) is 57.5 Å². The summed E-state index contributed by atoms with van der Waals surface area (Å²) in [4.78, 5) is 47.5. The number of amides is 3. The number of hydrogen-bond acceptors (Lipinski definition) is 5. The van der Waals surface area contributed by atoms with Crippen LogP contribution < -0.4 is 4.90 Å². The summed E-state index contributed by atoms with van der Waals surface area (Å²) >= 11 is 0. The number of likely N-dealkylation sites (tertiary alicyclic amines) is 1. The largest absolute Gasteiger partial charge is 0.378 e. The van der Waals surface area contributed by atoms with Crippen molar-refractivity contribution in [2.45, 2.75) is 25.3 Å². The number of carbonyl (C=O) groups excluding carboxylic acids is 3. The van der Waals surface area contributed by atoms with Crippen molar-refractivity contribution in [3.05, 3.63) is 65.7 Å². The summed E-state index contributed by atoms with van der Waals surface area (Å²) in [7, 11) is 0. The van der Waals surface area contributed by atoms with Gasteiger partial charge in [-0.25, -0.2) is 0 Å². The maximum absolute atomic E-state index is 13.9. The summed E-state index contributed by atoms with van der Waals surface area (Å²) in [6.07, 6.45) is 1.06. The van der Waals surface area contributed by atoms with Crippen molar-refractivity contribution in [3.8, 4) is 0 Å². The van der Waals surface area contributed by atoms with E-state index in [1.165, 1.54) is 0 Å². The Bertz CT molecular complexity index is 1090. The van der Waals surface area contributed by atoms with Crippen molar-refractivity contribution < 1.29 is 19.1 Å². The van der Waals surface area contributed by atoms with Crippen LogP contribution in [0.3, 0.4) is 0 Å². The molecule has 3 amide bonds. The Morgan fingerprint density at radius 1 is 0.886 bits per heavy atom. The maximum atomic E-state index is 13.9. The topological polar surface area (TPSA) is 73.4 Å². The Kier molecular flexibility index (Phi) is 6.47. The monoisotopic (exact) mass is 476 g/mol. The number of nitrogens with zero attached hydrogens (tertiary/aromatic N) is 4.